The first-order valence-electron chi connectivity index (χ1n) is 7.39. The molecule has 0 fully saturated rings. The van der Waals surface area contributed by atoms with Crippen molar-refractivity contribution in [1.82, 2.24) is 0 Å². The average Bonchev–Trinajstić information content (AvgIpc) is 2.42. The first-order chi connectivity index (χ1) is 9.02. The molecule has 0 aromatic rings. The van der Waals surface area contributed by atoms with Crippen LogP contribution in [0.25, 0.3) is 0 Å². The largest absolute Gasteiger partial charge is 0.466 e. The highest BCUT2D eigenvalue weighted by molar-refractivity contribution is 5.97. The summed E-state index contributed by atoms with van der Waals surface area (Å²) in [5.41, 5.74) is 1.03. The van der Waals surface area contributed by atoms with Crippen molar-refractivity contribution in [3.63, 3.8) is 0 Å². The van der Waals surface area contributed by atoms with Crippen molar-refractivity contribution in [2.75, 3.05) is 6.61 Å². The summed E-state index contributed by atoms with van der Waals surface area (Å²) in [6.45, 7) is 6.02. The summed E-state index contributed by atoms with van der Waals surface area (Å²) in [5, 5.41) is 0. The maximum absolute atomic E-state index is 12.3. The van der Waals surface area contributed by atoms with E-state index in [1.807, 2.05) is 6.92 Å². The zero-order valence-corrected chi connectivity index (χ0v) is 12.4. The number of Topliss-reactive ketones (excluding diaryl/α,β-unsaturated/α-hetero) is 1. The van der Waals surface area contributed by atoms with Crippen LogP contribution in [0.2, 0.25) is 0 Å². The predicted molar refractivity (Wildman–Crippen MR) is 75.8 cm³/mol. The van der Waals surface area contributed by atoms with Gasteiger partial charge in [0.1, 0.15) is 0 Å². The fraction of sp³-hybridized carbons (Fsp3) is 0.750. The van der Waals surface area contributed by atoms with E-state index in [1.165, 1.54) is 13.3 Å². The summed E-state index contributed by atoms with van der Waals surface area (Å²) in [6.07, 6.45) is 8.23. The van der Waals surface area contributed by atoms with Crippen LogP contribution in [-0.4, -0.2) is 18.4 Å². The van der Waals surface area contributed by atoms with Crippen LogP contribution in [0.1, 0.15) is 59.3 Å². The van der Waals surface area contributed by atoms with E-state index in [0.29, 0.717) is 18.3 Å². The van der Waals surface area contributed by atoms with Gasteiger partial charge < -0.3 is 4.74 Å². The summed E-state index contributed by atoms with van der Waals surface area (Å²) in [6, 6.07) is 0. The second-order valence-electron chi connectivity index (χ2n) is 5.59. The molecule has 1 aliphatic carbocycles. The fourth-order valence-electron chi connectivity index (χ4n) is 2.48. The van der Waals surface area contributed by atoms with Crippen LogP contribution in [0.15, 0.2) is 11.6 Å². The van der Waals surface area contributed by atoms with Crippen LogP contribution >= 0.6 is 0 Å². The molecule has 0 aliphatic heterocycles. The maximum Gasteiger partial charge on any atom is 0.302 e. The summed E-state index contributed by atoms with van der Waals surface area (Å²) in [7, 11) is 0. The van der Waals surface area contributed by atoms with E-state index >= 15 is 0 Å². The summed E-state index contributed by atoms with van der Waals surface area (Å²) in [4.78, 5) is 23.0. The quantitative estimate of drug-likeness (QED) is 0.521. The van der Waals surface area contributed by atoms with Crippen molar-refractivity contribution in [2.24, 2.45) is 11.8 Å². The van der Waals surface area contributed by atoms with E-state index in [2.05, 4.69) is 13.0 Å². The number of rotatable bonds is 7. The van der Waals surface area contributed by atoms with Gasteiger partial charge in [-0.1, -0.05) is 19.9 Å². The number of allylic oxidation sites excluding steroid dienone is 2. The van der Waals surface area contributed by atoms with E-state index in [9.17, 15) is 9.59 Å². The van der Waals surface area contributed by atoms with E-state index < -0.39 is 0 Å². The van der Waals surface area contributed by atoms with E-state index in [0.717, 1.165) is 37.7 Å². The van der Waals surface area contributed by atoms with Gasteiger partial charge in [-0.2, -0.15) is 0 Å². The highest BCUT2D eigenvalue weighted by Gasteiger charge is 2.23. The van der Waals surface area contributed by atoms with Crippen LogP contribution < -0.4 is 0 Å². The molecule has 2 unspecified atom stereocenters. The Hall–Kier alpha value is -1.12. The minimum absolute atomic E-state index is 0.0710. The van der Waals surface area contributed by atoms with Crippen molar-refractivity contribution in [3.8, 4) is 0 Å². The molecular formula is C16H26O3. The monoisotopic (exact) mass is 266 g/mol. The van der Waals surface area contributed by atoms with Gasteiger partial charge in [-0.3, -0.25) is 9.59 Å². The van der Waals surface area contributed by atoms with Gasteiger partial charge in [0.15, 0.2) is 5.78 Å². The van der Waals surface area contributed by atoms with Gasteiger partial charge in [-0.25, -0.2) is 0 Å². The molecule has 0 N–H and O–H groups in total. The Morgan fingerprint density at radius 1 is 1.32 bits per heavy atom. The standard InChI is InChI=1S/C16H26O3/c1-12(8-7-11-19-14(3)17)13(2)16(18)15-9-5-4-6-10-15/h9,12-13H,4-8,10-11H2,1-3H3. The van der Waals surface area contributed by atoms with Gasteiger partial charge in [0.25, 0.3) is 0 Å². The van der Waals surface area contributed by atoms with E-state index in [-0.39, 0.29) is 11.9 Å². The Morgan fingerprint density at radius 3 is 2.63 bits per heavy atom. The predicted octanol–water partition coefficient (Wildman–Crippen LogP) is 3.67. The molecule has 0 radical (unpaired) electrons. The third kappa shape index (κ3) is 5.58. The summed E-state index contributed by atoms with van der Waals surface area (Å²) >= 11 is 0. The first-order valence-corrected chi connectivity index (χ1v) is 7.39. The molecule has 108 valence electrons. The molecule has 0 aromatic heterocycles. The Morgan fingerprint density at radius 2 is 2.05 bits per heavy atom. The lowest BCUT2D eigenvalue weighted by Crippen LogP contribution is -2.22. The number of carbonyl (C=O) groups excluding carboxylic acids is 2. The number of hydrogen-bond donors (Lipinski definition) is 0. The second kappa shape index (κ2) is 8.13. The molecule has 0 saturated heterocycles. The second-order valence-corrected chi connectivity index (χ2v) is 5.59. The highest BCUT2D eigenvalue weighted by atomic mass is 16.5. The lowest BCUT2D eigenvalue weighted by Gasteiger charge is -2.21. The third-order valence-electron chi connectivity index (χ3n) is 3.98. The van der Waals surface area contributed by atoms with Gasteiger partial charge in [-0.15, -0.1) is 0 Å². The highest BCUT2D eigenvalue weighted by Crippen LogP contribution is 2.26. The molecule has 2 atom stereocenters. The molecule has 0 spiro atoms. The van der Waals surface area contributed by atoms with Crippen molar-refractivity contribution >= 4 is 11.8 Å². The van der Waals surface area contributed by atoms with Gasteiger partial charge in [-0.05, 0) is 50.0 Å². The molecule has 0 saturated carbocycles. The zero-order chi connectivity index (χ0) is 14.3. The van der Waals surface area contributed by atoms with Crippen LogP contribution in [-0.2, 0) is 14.3 Å². The summed E-state index contributed by atoms with van der Waals surface area (Å²) in [5.74, 6) is 0.497. The zero-order valence-electron chi connectivity index (χ0n) is 12.4. The molecule has 1 rings (SSSR count). The minimum atomic E-state index is -0.232. The first kappa shape index (κ1) is 15.9. The molecular weight excluding hydrogens is 240 g/mol. The number of ether oxygens (including phenoxy) is 1. The smallest absolute Gasteiger partial charge is 0.302 e. The Kier molecular flexibility index (Phi) is 6.82. The molecule has 3 heteroatoms. The van der Waals surface area contributed by atoms with E-state index in [4.69, 9.17) is 4.74 Å². The third-order valence-corrected chi connectivity index (χ3v) is 3.98. The lowest BCUT2D eigenvalue weighted by atomic mass is 9.83. The van der Waals surface area contributed by atoms with Crippen molar-refractivity contribution in [2.45, 2.75) is 59.3 Å². The van der Waals surface area contributed by atoms with Gasteiger partial charge >= 0.3 is 5.97 Å². The van der Waals surface area contributed by atoms with Crippen molar-refractivity contribution in [1.29, 1.82) is 0 Å². The molecule has 3 nitrogen and oxygen atoms in total. The average molecular weight is 266 g/mol. The van der Waals surface area contributed by atoms with Crippen LogP contribution in [0.3, 0.4) is 0 Å². The molecule has 0 amide bonds. The van der Waals surface area contributed by atoms with Crippen molar-refractivity contribution < 1.29 is 14.3 Å². The summed E-state index contributed by atoms with van der Waals surface area (Å²) < 4.78 is 4.91. The van der Waals surface area contributed by atoms with Crippen LogP contribution in [0, 0.1) is 11.8 Å². The molecule has 19 heavy (non-hydrogen) atoms. The minimum Gasteiger partial charge on any atom is -0.466 e. The SMILES string of the molecule is CC(=O)OCCCC(C)C(C)C(=O)C1=CCCCC1. The number of carbonyl (C=O) groups is 2. The Balaban J connectivity index is 2.34. The Bertz CT molecular complexity index is 344. The van der Waals surface area contributed by atoms with Gasteiger partial charge in [0.2, 0.25) is 0 Å². The van der Waals surface area contributed by atoms with Gasteiger partial charge in [0.05, 0.1) is 6.61 Å². The van der Waals surface area contributed by atoms with Gasteiger partial charge in [0, 0.05) is 12.8 Å². The number of ketones is 1. The van der Waals surface area contributed by atoms with E-state index in [1.54, 1.807) is 0 Å². The number of esters is 1. The fourth-order valence-corrected chi connectivity index (χ4v) is 2.48. The van der Waals surface area contributed by atoms with Crippen molar-refractivity contribution in [3.05, 3.63) is 11.6 Å². The molecule has 0 heterocycles. The van der Waals surface area contributed by atoms with Crippen LogP contribution in [0.4, 0.5) is 0 Å². The maximum atomic E-state index is 12.3. The number of hydrogen-bond acceptors (Lipinski definition) is 3. The van der Waals surface area contributed by atoms with Crippen LogP contribution in [0.5, 0.6) is 0 Å². The lowest BCUT2D eigenvalue weighted by molar-refractivity contribution is -0.141. The molecule has 1 aliphatic rings. The topological polar surface area (TPSA) is 43.4 Å². The molecule has 0 bridgehead atoms. The Labute approximate surface area is 116 Å². The molecule has 0 aromatic carbocycles. The normalized spacial score (nSPS) is 18.4.